The fraction of sp³-hybridized carbons (Fsp3) is 0.294. The molecule has 0 radical (unpaired) electrons. The van der Waals surface area contributed by atoms with Gasteiger partial charge in [0.05, 0.1) is 11.8 Å². The predicted molar refractivity (Wildman–Crippen MR) is 90.3 cm³/mol. The minimum atomic E-state index is 0.0289. The van der Waals surface area contributed by atoms with E-state index >= 15 is 0 Å². The number of hydrogen-bond acceptors (Lipinski definition) is 4. The number of thiophene rings is 1. The molecule has 1 aromatic carbocycles. The lowest BCUT2D eigenvalue weighted by atomic mass is 10.2. The van der Waals surface area contributed by atoms with Gasteiger partial charge in [0.1, 0.15) is 4.70 Å². The maximum absolute atomic E-state index is 12.5. The molecule has 0 fully saturated rings. The number of aliphatic hydroxyl groups excluding tert-OH is 1. The summed E-state index contributed by atoms with van der Waals surface area (Å²) in [7, 11) is 0. The fourth-order valence-corrected chi connectivity index (χ4v) is 3.49. The van der Waals surface area contributed by atoms with Crippen molar-refractivity contribution in [1.82, 2.24) is 9.55 Å². The van der Waals surface area contributed by atoms with Gasteiger partial charge in [0.25, 0.3) is 5.56 Å². The van der Waals surface area contributed by atoms with Gasteiger partial charge >= 0.3 is 0 Å². The van der Waals surface area contributed by atoms with Crippen molar-refractivity contribution >= 4 is 21.6 Å². The summed E-state index contributed by atoms with van der Waals surface area (Å²) in [6.07, 6.45) is 4.21. The molecule has 0 aliphatic rings. The van der Waals surface area contributed by atoms with E-state index in [2.05, 4.69) is 4.98 Å². The van der Waals surface area contributed by atoms with Crippen LogP contribution in [0.5, 0.6) is 0 Å². The molecule has 3 aromatic rings. The monoisotopic (exact) mass is 314 g/mol. The minimum absolute atomic E-state index is 0.0289. The number of rotatable bonds is 6. The van der Waals surface area contributed by atoms with Crippen molar-refractivity contribution in [3.05, 3.63) is 53.1 Å². The maximum Gasteiger partial charge on any atom is 0.271 e. The van der Waals surface area contributed by atoms with E-state index in [1.807, 2.05) is 36.4 Å². The Morgan fingerprint density at radius 2 is 1.95 bits per heavy atom. The lowest BCUT2D eigenvalue weighted by Gasteiger charge is -2.04. The summed E-state index contributed by atoms with van der Waals surface area (Å²) in [6.45, 7) is 0.859. The van der Waals surface area contributed by atoms with Crippen molar-refractivity contribution in [2.45, 2.75) is 25.8 Å². The van der Waals surface area contributed by atoms with E-state index in [4.69, 9.17) is 5.11 Å². The number of fused-ring (bicyclic) bond motifs is 1. The molecule has 0 saturated carbocycles. The van der Waals surface area contributed by atoms with Crippen molar-refractivity contribution in [1.29, 1.82) is 0 Å². The lowest BCUT2D eigenvalue weighted by molar-refractivity contribution is 0.281. The highest BCUT2D eigenvalue weighted by Gasteiger charge is 2.10. The summed E-state index contributed by atoms with van der Waals surface area (Å²) in [6, 6.07) is 12.0. The van der Waals surface area contributed by atoms with E-state index in [0.29, 0.717) is 11.2 Å². The average Bonchev–Trinajstić information content (AvgIpc) is 2.99. The molecule has 0 bridgehead atoms. The van der Waals surface area contributed by atoms with Gasteiger partial charge in [-0.3, -0.25) is 9.36 Å². The summed E-state index contributed by atoms with van der Waals surface area (Å²) >= 11 is 1.50. The Balaban J connectivity index is 1.89. The zero-order chi connectivity index (χ0) is 15.4. The molecular formula is C17H18N2O2S. The van der Waals surface area contributed by atoms with Crippen LogP contribution in [0.2, 0.25) is 0 Å². The number of benzene rings is 1. The van der Waals surface area contributed by atoms with Gasteiger partial charge in [-0.2, -0.15) is 0 Å². The molecular weight excluding hydrogens is 296 g/mol. The number of nitrogens with zero attached hydrogens (tertiary/aromatic N) is 2. The number of aromatic nitrogens is 2. The van der Waals surface area contributed by atoms with Crippen LogP contribution in [-0.2, 0) is 6.54 Å². The molecule has 0 saturated heterocycles. The van der Waals surface area contributed by atoms with Gasteiger partial charge in [0.15, 0.2) is 0 Å². The zero-order valence-electron chi connectivity index (χ0n) is 12.2. The van der Waals surface area contributed by atoms with Crippen molar-refractivity contribution in [3.63, 3.8) is 0 Å². The Labute approximate surface area is 132 Å². The van der Waals surface area contributed by atoms with Gasteiger partial charge in [-0.1, -0.05) is 30.3 Å². The Kier molecular flexibility index (Phi) is 4.65. The van der Waals surface area contributed by atoms with Crippen LogP contribution >= 0.6 is 11.3 Å². The quantitative estimate of drug-likeness (QED) is 0.710. The van der Waals surface area contributed by atoms with Crippen LogP contribution in [0.3, 0.4) is 0 Å². The second-order valence-electron chi connectivity index (χ2n) is 5.22. The van der Waals surface area contributed by atoms with Crippen LogP contribution in [-0.4, -0.2) is 21.3 Å². The molecule has 4 nitrogen and oxygen atoms in total. The SMILES string of the molecule is O=c1c2sc(-c3ccccc3)cc2ncn1CCCCCO. The highest BCUT2D eigenvalue weighted by atomic mass is 32.1. The molecule has 1 N–H and O–H groups in total. The molecule has 114 valence electrons. The Bertz CT molecular complexity index is 808. The Morgan fingerprint density at radius 1 is 1.14 bits per heavy atom. The fourth-order valence-electron chi connectivity index (χ4n) is 2.42. The van der Waals surface area contributed by atoms with E-state index in [1.54, 1.807) is 10.9 Å². The lowest BCUT2D eigenvalue weighted by Crippen LogP contribution is -2.19. The minimum Gasteiger partial charge on any atom is -0.396 e. The number of aryl methyl sites for hydroxylation is 1. The average molecular weight is 314 g/mol. The third-order valence-electron chi connectivity index (χ3n) is 3.62. The van der Waals surface area contributed by atoms with Gasteiger partial charge in [-0.05, 0) is 30.9 Å². The van der Waals surface area contributed by atoms with Gasteiger partial charge in [0.2, 0.25) is 0 Å². The predicted octanol–water partition coefficient (Wildman–Crippen LogP) is 3.29. The zero-order valence-corrected chi connectivity index (χ0v) is 13.1. The van der Waals surface area contributed by atoms with Crippen molar-refractivity contribution < 1.29 is 5.11 Å². The molecule has 0 atom stereocenters. The maximum atomic E-state index is 12.5. The molecule has 0 unspecified atom stereocenters. The highest BCUT2D eigenvalue weighted by Crippen LogP contribution is 2.30. The van der Waals surface area contributed by atoms with Gasteiger partial charge in [-0.15, -0.1) is 11.3 Å². The van der Waals surface area contributed by atoms with Crippen molar-refractivity contribution in [3.8, 4) is 10.4 Å². The largest absolute Gasteiger partial charge is 0.396 e. The second kappa shape index (κ2) is 6.85. The van der Waals surface area contributed by atoms with Gasteiger partial charge in [0, 0.05) is 18.0 Å². The number of unbranched alkanes of at least 4 members (excludes halogenated alkanes) is 2. The van der Waals surface area contributed by atoms with Crippen molar-refractivity contribution in [2.75, 3.05) is 6.61 Å². The summed E-state index contributed by atoms with van der Waals surface area (Å²) in [4.78, 5) is 18.0. The third kappa shape index (κ3) is 3.10. The first-order valence-corrected chi connectivity index (χ1v) is 8.26. The van der Waals surface area contributed by atoms with Crippen LogP contribution in [0.15, 0.2) is 47.5 Å². The van der Waals surface area contributed by atoms with Crippen LogP contribution < -0.4 is 5.56 Å². The molecule has 0 aliphatic heterocycles. The smallest absolute Gasteiger partial charge is 0.271 e. The molecule has 22 heavy (non-hydrogen) atoms. The van der Waals surface area contributed by atoms with Gasteiger partial charge < -0.3 is 5.11 Å². The molecule has 5 heteroatoms. The highest BCUT2D eigenvalue weighted by molar-refractivity contribution is 7.22. The molecule has 0 spiro atoms. The number of hydrogen-bond donors (Lipinski definition) is 1. The first kappa shape index (κ1) is 14.9. The molecule has 3 rings (SSSR count). The normalized spacial score (nSPS) is 11.1. The molecule has 0 amide bonds. The van der Waals surface area contributed by atoms with E-state index in [9.17, 15) is 4.79 Å². The van der Waals surface area contributed by atoms with Crippen LogP contribution in [0.25, 0.3) is 20.7 Å². The van der Waals surface area contributed by atoms with E-state index in [1.165, 1.54) is 11.3 Å². The first-order valence-electron chi connectivity index (χ1n) is 7.45. The topological polar surface area (TPSA) is 55.1 Å². The van der Waals surface area contributed by atoms with E-state index in [0.717, 1.165) is 35.2 Å². The molecule has 0 aliphatic carbocycles. The van der Waals surface area contributed by atoms with E-state index in [-0.39, 0.29) is 12.2 Å². The Morgan fingerprint density at radius 3 is 2.73 bits per heavy atom. The Hall–Kier alpha value is -1.98. The second-order valence-corrected chi connectivity index (χ2v) is 6.27. The first-order chi connectivity index (χ1) is 10.8. The molecule has 2 aromatic heterocycles. The summed E-state index contributed by atoms with van der Waals surface area (Å²) < 4.78 is 2.38. The summed E-state index contributed by atoms with van der Waals surface area (Å²) in [5.41, 5.74) is 1.90. The van der Waals surface area contributed by atoms with Gasteiger partial charge in [-0.25, -0.2) is 4.98 Å². The standard InChI is InChI=1S/C17H18N2O2S/c20-10-6-2-5-9-19-12-18-14-11-15(22-16(14)17(19)21)13-7-3-1-4-8-13/h1,3-4,7-8,11-12,20H,2,5-6,9-10H2. The van der Waals surface area contributed by atoms with Crippen LogP contribution in [0.1, 0.15) is 19.3 Å². The summed E-state index contributed by atoms with van der Waals surface area (Å²) in [5.74, 6) is 0. The van der Waals surface area contributed by atoms with E-state index < -0.39 is 0 Å². The summed E-state index contributed by atoms with van der Waals surface area (Å²) in [5, 5.41) is 8.79. The van der Waals surface area contributed by atoms with Crippen molar-refractivity contribution in [2.24, 2.45) is 0 Å². The third-order valence-corrected chi connectivity index (χ3v) is 4.78. The number of aliphatic hydroxyl groups is 1. The van der Waals surface area contributed by atoms with Crippen LogP contribution in [0, 0.1) is 0 Å². The molecule has 2 heterocycles. The van der Waals surface area contributed by atoms with Crippen LogP contribution in [0.4, 0.5) is 0 Å².